The molecule has 0 aliphatic carbocycles. The van der Waals surface area contributed by atoms with Gasteiger partial charge >= 0.3 is 18.1 Å². The van der Waals surface area contributed by atoms with Crippen molar-refractivity contribution < 1.29 is 33.8 Å². The number of carbonyl (C=O) groups excluding carboxylic acids is 4. The summed E-state index contributed by atoms with van der Waals surface area (Å²) in [6.45, 7) is 8.03. The monoisotopic (exact) mass is 724 g/mol. The summed E-state index contributed by atoms with van der Waals surface area (Å²) in [5, 5.41) is 13.1. The summed E-state index contributed by atoms with van der Waals surface area (Å²) in [5.41, 5.74) is 2.62. The molecule has 13 nitrogen and oxygen atoms in total. The van der Waals surface area contributed by atoms with Crippen LogP contribution in [0.15, 0.2) is 42.5 Å². The van der Waals surface area contributed by atoms with Gasteiger partial charge in [0.25, 0.3) is 5.91 Å². The van der Waals surface area contributed by atoms with Crippen LogP contribution in [0.4, 0.5) is 15.3 Å². The summed E-state index contributed by atoms with van der Waals surface area (Å²) in [7, 11) is 0. The van der Waals surface area contributed by atoms with Gasteiger partial charge < -0.3 is 34.6 Å². The Kier molecular flexibility index (Phi) is 12.2. The number of nitrogens with zero attached hydrogens (tertiary/aromatic N) is 5. The predicted octanol–water partition coefficient (Wildman–Crippen LogP) is 3.82. The van der Waals surface area contributed by atoms with Crippen LogP contribution in [0.1, 0.15) is 43.7 Å². The average Bonchev–Trinajstić information content (AvgIpc) is 3.31. The standard InChI is InChI=1S/C37H49ClN6O7/c1-2-50-34(46)25-40-14-10-28(11-15-40)41-19-21-42(22-20-41)35(47)33(24-26-7-8-32(45)30(38)23-26)51-37(49)43-16-12-29(13-17-43)44-18-9-27-5-3-4-6-31(27)39-36(44)48/h3-8,23,28-29,33,45H,2,9-22,24-25H2,1H3,(H,39,48)/t33-/m1/s1. The van der Waals surface area contributed by atoms with Crippen molar-refractivity contribution in [3.05, 3.63) is 58.6 Å². The molecule has 0 saturated carbocycles. The van der Waals surface area contributed by atoms with Gasteiger partial charge in [-0.2, -0.15) is 0 Å². The highest BCUT2D eigenvalue weighted by Gasteiger charge is 2.36. The van der Waals surface area contributed by atoms with E-state index in [4.69, 9.17) is 21.1 Å². The van der Waals surface area contributed by atoms with Gasteiger partial charge in [-0.1, -0.05) is 35.9 Å². The molecule has 4 aliphatic heterocycles. The van der Waals surface area contributed by atoms with Crippen LogP contribution in [0.5, 0.6) is 5.75 Å². The maximum atomic E-state index is 14.0. The molecule has 4 amide bonds. The summed E-state index contributed by atoms with van der Waals surface area (Å²) in [6.07, 6.45) is 2.36. The molecule has 0 unspecified atom stereocenters. The molecular formula is C37H49ClN6O7. The lowest BCUT2D eigenvalue weighted by atomic mass is 10.0. The number of hydrogen-bond donors (Lipinski definition) is 2. The zero-order valence-corrected chi connectivity index (χ0v) is 30.1. The number of piperidine rings is 2. The molecule has 1 atom stereocenters. The first-order valence-electron chi connectivity index (χ1n) is 18.2. The Balaban J connectivity index is 1.03. The van der Waals surface area contributed by atoms with Gasteiger partial charge in [0.1, 0.15) is 5.75 Å². The summed E-state index contributed by atoms with van der Waals surface area (Å²) >= 11 is 6.19. The minimum Gasteiger partial charge on any atom is -0.506 e. The van der Waals surface area contributed by atoms with Gasteiger partial charge in [-0.05, 0) is 68.4 Å². The Labute approximate surface area is 304 Å². The Bertz CT molecular complexity index is 1550. The number of fused-ring (bicyclic) bond motifs is 1. The highest BCUT2D eigenvalue weighted by molar-refractivity contribution is 6.32. The number of aromatic hydroxyl groups is 1. The molecule has 4 heterocycles. The molecule has 4 aliphatic rings. The van der Waals surface area contributed by atoms with Crippen molar-refractivity contribution in [2.75, 3.05) is 77.4 Å². The first-order chi connectivity index (χ1) is 24.7. The third kappa shape index (κ3) is 9.24. The molecule has 14 heteroatoms. The second-order valence-corrected chi connectivity index (χ2v) is 14.2. The van der Waals surface area contributed by atoms with E-state index in [1.54, 1.807) is 21.9 Å². The minimum atomic E-state index is -1.07. The third-order valence-electron chi connectivity index (χ3n) is 10.6. The summed E-state index contributed by atoms with van der Waals surface area (Å²) < 4.78 is 11.1. The fourth-order valence-corrected chi connectivity index (χ4v) is 7.91. The van der Waals surface area contributed by atoms with E-state index in [1.165, 1.54) is 6.07 Å². The van der Waals surface area contributed by atoms with Crippen LogP contribution in [0.25, 0.3) is 0 Å². The molecule has 2 aromatic rings. The summed E-state index contributed by atoms with van der Waals surface area (Å²) in [4.78, 5) is 62.4. The zero-order chi connectivity index (χ0) is 35.9. The smallest absolute Gasteiger partial charge is 0.410 e. The van der Waals surface area contributed by atoms with Crippen LogP contribution >= 0.6 is 11.6 Å². The number of phenolic OH excluding ortho intramolecular Hbond substituents is 1. The lowest BCUT2D eigenvalue weighted by Crippen LogP contribution is -2.57. The topological polar surface area (TPSA) is 135 Å². The van der Waals surface area contributed by atoms with Gasteiger partial charge in [0.2, 0.25) is 0 Å². The number of nitrogens with one attached hydrogen (secondary N) is 1. The Morgan fingerprint density at radius 3 is 2.31 bits per heavy atom. The van der Waals surface area contributed by atoms with Crippen molar-refractivity contribution in [1.82, 2.24) is 24.5 Å². The Morgan fingerprint density at radius 1 is 0.902 bits per heavy atom. The lowest BCUT2D eigenvalue weighted by Gasteiger charge is -2.43. The van der Waals surface area contributed by atoms with Crippen molar-refractivity contribution >= 4 is 41.3 Å². The van der Waals surface area contributed by atoms with Crippen molar-refractivity contribution in [3.63, 3.8) is 0 Å². The van der Waals surface area contributed by atoms with Crippen molar-refractivity contribution in [2.45, 2.75) is 63.6 Å². The van der Waals surface area contributed by atoms with E-state index in [2.05, 4.69) is 15.1 Å². The number of urea groups is 1. The number of carbonyl (C=O) groups is 4. The summed E-state index contributed by atoms with van der Waals surface area (Å²) in [5.74, 6) is -0.508. The number of anilines is 1. The molecule has 2 aromatic carbocycles. The second kappa shape index (κ2) is 17.0. The molecule has 3 saturated heterocycles. The molecule has 276 valence electrons. The first-order valence-corrected chi connectivity index (χ1v) is 18.6. The number of piperazine rings is 1. The molecule has 0 spiro atoms. The normalized spacial score (nSPS) is 20.3. The van der Waals surface area contributed by atoms with E-state index < -0.39 is 12.2 Å². The number of likely N-dealkylation sites (tertiary alicyclic amines) is 2. The van der Waals surface area contributed by atoms with Crippen molar-refractivity contribution in [3.8, 4) is 5.75 Å². The molecule has 6 rings (SSSR count). The number of rotatable bonds is 9. The van der Waals surface area contributed by atoms with Crippen molar-refractivity contribution in [2.24, 2.45) is 0 Å². The van der Waals surface area contributed by atoms with Gasteiger partial charge in [0.15, 0.2) is 6.10 Å². The summed E-state index contributed by atoms with van der Waals surface area (Å²) in [6, 6.07) is 12.8. The molecule has 51 heavy (non-hydrogen) atoms. The molecule has 0 bridgehead atoms. The van der Waals surface area contributed by atoms with E-state index in [-0.39, 0.29) is 41.1 Å². The van der Waals surface area contributed by atoms with Crippen molar-refractivity contribution in [1.29, 1.82) is 0 Å². The zero-order valence-electron chi connectivity index (χ0n) is 29.3. The number of amides is 4. The average molecular weight is 725 g/mol. The third-order valence-corrected chi connectivity index (χ3v) is 10.9. The fraction of sp³-hybridized carbons (Fsp3) is 0.568. The van der Waals surface area contributed by atoms with E-state index >= 15 is 0 Å². The van der Waals surface area contributed by atoms with E-state index in [0.717, 1.165) is 43.6 Å². The SMILES string of the molecule is CCOC(=O)CN1CCC(N2CCN(C(=O)[C@@H](Cc3ccc(O)c(Cl)c3)OC(=O)N3CCC(N4CCc5ccccc5NC4=O)CC3)CC2)CC1. The van der Waals surface area contributed by atoms with Gasteiger partial charge in [0.05, 0.1) is 18.2 Å². The molecular weight excluding hydrogens is 676 g/mol. The van der Waals surface area contributed by atoms with Gasteiger partial charge in [-0.3, -0.25) is 19.4 Å². The van der Waals surface area contributed by atoms with Gasteiger partial charge in [-0.15, -0.1) is 0 Å². The highest BCUT2D eigenvalue weighted by Crippen LogP contribution is 2.27. The van der Waals surface area contributed by atoms with Crippen LogP contribution in [0.3, 0.4) is 0 Å². The highest BCUT2D eigenvalue weighted by atomic mass is 35.5. The number of para-hydroxylation sites is 1. The van der Waals surface area contributed by atoms with E-state index in [1.807, 2.05) is 36.1 Å². The molecule has 0 radical (unpaired) electrons. The largest absolute Gasteiger partial charge is 0.506 e. The lowest BCUT2D eigenvalue weighted by molar-refractivity contribution is -0.144. The number of esters is 1. The minimum absolute atomic E-state index is 0.0129. The van der Waals surface area contributed by atoms with Crippen LogP contribution in [0, 0.1) is 0 Å². The number of ether oxygens (including phenoxy) is 2. The quantitative estimate of drug-likeness (QED) is 0.370. The molecule has 3 fully saturated rings. The van der Waals surface area contributed by atoms with Crippen LogP contribution in [-0.2, 0) is 31.9 Å². The van der Waals surface area contributed by atoms with E-state index in [9.17, 15) is 24.3 Å². The Morgan fingerprint density at radius 2 is 1.61 bits per heavy atom. The number of benzene rings is 2. The maximum Gasteiger partial charge on any atom is 0.410 e. The maximum absolute atomic E-state index is 14.0. The van der Waals surface area contributed by atoms with Gasteiger partial charge in [0, 0.05) is 83.1 Å². The van der Waals surface area contributed by atoms with Gasteiger partial charge in [-0.25, -0.2) is 9.59 Å². The number of hydrogen-bond acceptors (Lipinski definition) is 9. The number of halogens is 1. The second-order valence-electron chi connectivity index (χ2n) is 13.8. The first kappa shape index (κ1) is 36.7. The fourth-order valence-electron chi connectivity index (χ4n) is 7.71. The molecule has 2 N–H and O–H groups in total. The molecule has 0 aromatic heterocycles. The van der Waals surface area contributed by atoms with E-state index in [0.29, 0.717) is 83.4 Å². The van der Waals surface area contributed by atoms with Crippen LogP contribution < -0.4 is 5.32 Å². The predicted molar refractivity (Wildman–Crippen MR) is 192 cm³/mol. The van der Waals surface area contributed by atoms with Crippen LogP contribution in [0.2, 0.25) is 5.02 Å². The Hall–Kier alpha value is -4.07. The van der Waals surface area contributed by atoms with Crippen LogP contribution in [-0.4, -0.2) is 144 Å². The number of phenols is 1.